The first-order valence-corrected chi connectivity index (χ1v) is 3.47. The molecule has 0 unspecified atom stereocenters. The van der Waals surface area contributed by atoms with Crippen LogP contribution in [0.2, 0.25) is 0 Å². The third kappa shape index (κ3) is 3.78. The molecule has 0 heterocycles. The fraction of sp³-hybridized carbons (Fsp3) is 0.625. The van der Waals surface area contributed by atoms with Crippen LogP contribution < -0.4 is 5.32 Å². The van der Waals surface area contributed by atoms with E-state index in [1.807, 2.05) is 0 Å². The molecule has 64 valence electrons. The third-order valence-corrected chi connectivity index (χ3v) is 1.30. The topological polar surface area (TPSA) is 38.3 Å². The standard InChI is InChI=1S/C8H15NO2/c1-6(2)7(10)11-8(3,4)9-5/h9H,1H2,2-5H3. The van der Waals surface area contributed by atoms with Crippen LogP contribution >= 0.6 is 0 Å². The van der Waals surface area contributed by atoms with Crippen LogP contribution in [0.3, 0.4) is 0 Å². The van der Waals surface area contributed by atoms with E-state index in [0.717, 1.165) is 0 Å². The Bertz CT molecular complexity index is 173. The van der Waals surface area contributed by atoms with E-state index in [-0.39, 0.29) is 5.97 Å². The average molecular weight is 157 g/mol. The summed E-state index contributed by atoms with van der Waals surface area (Å²) in [6.45, 7) is 8.63. The number of hydrogen-bond donors (Lipinski definition) is 1. The molecule has 0 radical (unpaired) electrons. The molecule has 11 heavy (non-hydrogen) atoms. The summed E-state index contributed by atoms with van der Waals surface area (Å²) in [7, 11) is 1.73. The molecule has 0 fully saturated rings. The highest BCUT2D eigenvalue weighted by molar-refractivity contribution is 5.87. The highest BCUT2D eigenvalue weighted by atomic mass is 16.6. The number of esters is 1. The molecule has 0 amide bonds. The van der Waals surface area contributed by atoms with Crippen molar-refractivity contribution in [2.24, 2.45) is 0 Å². The Balaban J connectivity index is 4.04. The number of carbonyl (C=O) groups is 1. The minimum atomic E-state index is -0.615. The maximum Gasteiger partial charge on any atom is 0.334 e. The quantitative estimate of drug-likeness (QED) is 0.378. The van der Waals surface area contributed by atoms with E-state index < -0.39 is 5.72 Å². The van der Waals surface area contributed by atoms with Crippen LogP contribution in [0.5, 0.6) is 0 Å². The summed E-state index contributed by atoms with van der Waals surface area (Å²) in [5, 5.41) is 2.84. The molecule has 0 saturated heterocycles. The fourth-order valence-electron chi connectivity index (χ4n) is 0.370. The van der Waals surface area contributed by atoms with Gasteiger partial charge in [0.25, 0.3) is 0 Å². The highest BCUT2D eigenvalue weighted by Crippen LogP contribution is 2.06. The maximum atomic E-state index is 11.0. The normalized spacial score (nSPS) is 10.9. The molecule has 0 aromatic carbocycles. The molecule has 0 spiro atoms. The second kappa shape index (κ2) is 3.53. The van der Waals surface area contributed by atoms with Crippen molar-refractivity contribution in [3.05, 3.63) is 12.2 Å². The summed E-state index contributed by atoms with van der Waals surface area (Å²) >= 11 is 0. The number of rotatable bonds is 3. The van der Waals surface area contributed by atoms with E-state index in [1.165, 1.54) is 0 Å². The molecular formula is C8H15NO2. The molecular weight excluding hydrogens is 142 g/mol. The first-order chi connectivity index (χ1) is 4.89. The summed E-state index contributed by atoms with van der Waals surface area (Å²) in [4.78, 5) is 11.0. The Morgan fingerprint density at radius 1 is 1.55 bits per heavy atom. The van der Waals surface area contributed by atoms with Crippen molar-refractivity contribution in [3.8, 4) is 0 Å². The molecule has 1 N–H and O–H groups in total. The number of carbonyl (C=O) groups excluding carboxylic acids is 1. The van der Waals surface area contributed by atoms with Crippen molar-refractivity contribution in [3.63, 3.8) is 0 Å². The van der Waals surface area contributed by atoms with Crippen LogP contribution in [-0.4, -0.2) is 18.7 Å². The molecule has 0 bridgehead atoms. The van der Waals surface area contributed by atoms with Gasteiger partial charge in [0.2, 0.25) is 0 Å². The van der Waals surface area contributed by atoms with Crippen molar-refractivity contribution < 1.29 is 9.53 Å². The molecule has 0 aliphatic rings. The van der Waals surface area contributed by atoms with Crippen molar-refractivity contribution in [1.29, 1.82) is 0 Å². The molecule has 0 aromatic rings. The Morgan fingerprint density at radius 2 is 2.00 bits per heavy atom. The Morgan fingerprint density at radius 3 is 2.27 bits per heavy atom. The van der Waals surface area contributed by atoms with Crippen molar-refractivity contribution in [2.45, 2.75) is 26.5 Å². The van der Waals surface area contributed by atoms with Crippen molar-refractivity contribution in [1.82, 2.24) is 5.32 Å². The zero-order valence-corrected chi connectivity index (χ0v) is 7.52. The van der Waals surface area contributed by atoms with Crippen LogP contribution in [0.1, 0.15) is 20.8 Å². The van der Waals surface area contributed by atoms with Gasteiger partial charge in [-0.1, -0.05) is 6.58 Å². The van der Waals surface area contributed by atoms with E-state index >= 15 is 0 Å². The largest absolute Gasteiger partial charge is 0.441 e. The minimum Gasteiger partial charge on any atom is -0.441 e. The van der Waals surface area contributed by atoms with Gasteiger partial charge in [-0.3, -0.25) is 5.32 Å². The lowest BCUT2D eigenvalue weighted by Crippen LogP contribution is -2.41. The van der Waals surface area contributed by atoms with Gasteiger partial charge in [0.15, 0.2) is 5.72 Å². The molecule has 0 aliphatic carbocycles. The van der Waals surface area contributed by atoms with E-state index in [1.54, 1.807) is 27.8 Å². The molecule has 0 saturated carbocycles. The van der Waals surface area contributed by atoms with Gasteiger partial charge in [-0.05, 0) is 27.8 Å². The molecule has 3 heteroatoms. The monoisotopic (exact) mass is 157 g/mol. The maximum absolute atomic E-state index is 11.0. The van der Waals surface area contributed by atoms with Gasteiger partial charge in [-0.25, -0.2) is 4.79 Å². The van der Waals surface area contributed by atoms with Crippen LogP contribution in [0.25, 0.3) is 0 Å². The van der Waals surface area contributed by atoms with Gasteiger partial charge in [0, 0.05) is 5.57 Å². The number of nitrogens with one attached hydrogen (secondary N) is 1. The molecule has 0 rings (SSSR count). The average Bonchev–Trinajstić information content (AvgIpc) is 1.87. The summed E-state index contributed by atoms with van der Waals surface area (Å²) < 4.78 is 5.00. The zero-order valence-electron chi connectivity index (χ0n) is 7.52. The van der Waals surface area contributed by atoms with Gasteiger partial charge in [-0.15, -0.1) is 0 Å². The molecule has 0 atom stereocenters. The number of hydrogen-bond acceptors (Lipinski definition) is 3. The van der Waals surface area contributed by atoms with Gasteiger partial charge in [0.05, 0.1) is 0 Å². The first-order valence-electron chi connectivity index (χ1n) is 3.47. The van der Waals surface area contributed by atoms with E-state index in [9.17, 15) is 4.79 Å². The van der Waals surface area contributed by atoms with Crippen molar-refractivity contribution in [2.75, 3.05) is 7.05 Å². The third-order valence-electron chi connectivity index (χ3n) is 1.30. The second-order valence-corrected chi connectivity index (χ2v) is 2.93. The molecule has 0 aromatic heterocycles. The number of ether oxygens (including phenoxy) is 1. The zero-order chi connectivity index (χ0) is 9.07. The summed E-state index contributed by atoms with van der Waals surface area (Å²) in [5.74, 6) is -0.371. The fourth-order valence-corrected chi connectivity index (χ4v) is 0.370. The second-order valence-electron chi connectivity index (χ2n) is 2.93. The van der Waals surface area contributed by atoms with Crippen molar-refractivity contribution >= 4 is 5.97 Å². The summed E-state index contributed by atoms with van der Waals surface area (Å²) in [6, 6.07) is 0. The van der Waals surface area contributed by atoms with Gasteiger partial charge in [0.1, 0.15) is 0 Å². The van der Waals surface area contributed by atoms with Crippen LogP contribution in [-0.2, 0) is 9.53 Å². The van der Waals surface area contributed by atoms with Gasteiger partial charge < -0.3 is 4.74 Å². The SMILES string of the molecule is C=C(C)C(=O)OC(C)(C)NC. The predicted octanol–water partition coefficient (Wildman–Crippen LogP) is 1.06. The van der Waals surface area contributed by atoms with E-state index in [0.29, 0.717) is 5.57 Å². The van der Waals surface area contributed by atoms with Gasteiger partial charge >= 0.3 is 5.97 Å². The Labute approximate surface area is 67.4 Å². The Hall–Kier alpha value is -0.830. The summed E-state index contributed by atoms with van der Waals surface area (Å²) in [6.07, 6.45) is 0. The highest BCUT2D eigenvalue weighted by Gasteiger charge is 2.19. The molecule has 0 aliphatic heterocycles. The van der Waals surface area contributed by atoms with E-state index in [4.69, 9.17) is 4.74 Å². The van der Waals surface area contributed by atoms with Crippen LogP contribution in [0, 0.1) is 0 Å². The van der Waals surface area contributed by atoms with Crippen LogP contribution in [0.4, 0.5) is 0 Å². The lowest BCUT2D eigenvalue weighted by Gasteiger charge is -2.24. The lowest BCUT2D eigenvalue weighted by molar-refractivity contribution is -0.153. The smallest absolute Gasteiger partial charge is 0.334 e. The van der Waals surface area contributed by atoms with E-state index in [2.05, 4.69) is 11.9 Å². The molecule has 3 nitrogen and oxygen atoms in total. The Kier molecular flexibility index (Phi) is 3.26. The van der Waals surface area contributed by atoms with Gasteiger partial charge in [-0.2, -0.15) is 0 Å². The first kappa shape index (κ1) is 10.2. The lowest BCUT2D eigenvalue weighted by atomic mass is 10.3. The predicted molar refractivity (Wildman–Crippen MR) is 44.0 cm³/mol. The van der Waals surface area contributed by atoms with Crippen LogP contribution in [0.15, 0.2) is 12.2 Å². The summed E-state index contributed by atoms with van der Waals surface area (Å²) in [5.41, 5.74) is -0.205. The minimum absolute atomic E-state index is 0.371.